The molecule has 7 heteroatoms. The number of nitrogens with zero attached hydrogens (tertiary/aromatic N) is 1. The van der Waals surface area contributed by atoms with Crippen LogP contribution in [0.2, 0.25) is 0 Å². The highest BCUT2D eigenvalue weighted by molar-refractivity contribution is 5.76. The van der Waals surface area contributed by atoms with Crippen LogP contribution in [0.1, 0.15) is 41.9 Å². The Balaban J connectivity index is 1.62. The molecule has 0 aliphatic carbocycles. The number of hydrogen-bond donors (Lipinski definition) is 1. The van der Waals surface area contributed by atoms with Crippen LogP contribution in [0, 0.1) is 0 Å². The molecule has 0 saturated carbocycles. The topological polar surface area (TPSA) is 81.4 Å². The molecule has 34 heavy (non-hydrogen) atoms. The van der Waals surface area contributed by atoms with E-state index in [9.17, 15) is 9.90 Å². The second kappa shape index (κ2) is 13.4. The molecule has 1 aromatic heterocycles. The van der Waals surface area contributed by atoms with Gasteiger partial charge in [-0.15, -0.1) is 0 Å². The summed E-state index contributed by atoms with van der Waals surface area (Å²) in [6.07, 6.45) is 2.62. The first-order valence-corrected chi connectivity index (χ1v) is 11.6. The van der Waals surface area contributed by atoms with Crippen molar-refractivity contribution >= 4 is 6.29 Å². The van der Waals surface area contributed by atoms with Crippen LogP contribution in [0.4, 0.5) is 0 Å². The van der Waals surface area contributed by atoms with Crippen molar-refractivity contribution in [3.63, 3.8) is 0 Å². The molecule has 1 heterocycles. The van der Waals surface area contributed by atoms with Gasteiger partial charge in [-0.2, -0.15) is 0 Å². The molecule has 0 aliphatic heterocycles. The third kappa shape index (κ3) is 7.93. The van der Waals surface area contributed by atoms with E-state index in [1.807, 2.05) is 43.3 Å². The van der Waals surface area contributed by atoms with E-state index in [4.69, 9.17) is 18.6 Å². The van der Waals surface area contributed by atoms with E-state index < -0.39 is 6.10 Å². The van der Waals surface area contributed by atoms with Gasteiger partial charge >= 0.3 is 0 Å². The highest BCUT2D eigenvalue weighted by Crippen LogP contribution is 2.28. The fourth-order valence-corrected chi connectivity index (χ4v) is 3.50. The van der Waals surface area contributed by atoms with E-state index in [1.54, 1.807) is 24.5 Å². The summed E-state index contributed by atoms with van der Waals surface area (Å²) in [7, 11) is 0. The minimum atomic E-state index is -0.748. The predicted molar refractivity (Wildman–Crippen MR) is 130 cm³/mol. The van der Waals surface area contributed by atoms with Gasteiger partial charge in [0, 0.05) is 18.7 Å². The lowest BCUT2D eigenvalue weighted by atomic mass is 10.2. The summed E-state index contributed by atoms with van der Waals surface area (Å²) < 4.78 is 22.6. The maximum atomic E-state index is 11.1. The molecule has 3 aromatic rings. The minimum absolute atomic E-state index is 0.0823. The highest BCUT2D eigenvalue weighted by atomic mass is 16.5. The quantitative estimate of drug-likeness (QED) is 0.324. The van der Waals surface area contributed by atoms with Gasteiger partial charge in [-0.3, -0.25) is 9.69 Å². The van der Waals surface area contributed by atoms with Gasteiger partial charge in [0.15, 0.2) is 11.5 Å². The molecule has 1 atom stereocenters. The molecular formula is C27H33NO6. The standard InChI is InChI=1S/C27H33NO6/c1-3-13-32-24-10-7-21(8-11-24)16-28(18-25-6-5-14-33-25)17-23(30)20-34-26-12-9-22(19-29)15-27(26)31-4-2/h5-12,14-15,19,23,30H,3-4,13,16-18,20H2,1-2H3. The van der Waals surface area contributed by atoms with Crippen molar-refractivity contribution in [3.8, 4) is 17.2 Å². The molecule has 0 spiro atoms. The van der Waals surface area contributed by atoms with Crippen molar-refractivity contribution in [2.45, 2.75) is 39.5 Å². The summed E-state index contributed by atoms with van der Waals surface area (Å²) in [6, 6.07) is 16.7. The van der Waals surface area contributed by atoms with Crippen LogP contribution < -0.4 is 14.2 Å². The third-order valence-electron chi connectivity index (χ3n) is 5.07. The maximum absolute atomic E-state index is 11.1. The van der Waals surface area contributed by atoms with Crippen LogP contribution in [0.5, 0.6) is 17.2 Å². The summed E-state index contributed by atoms with van der Waals surface area (Å²) in [5, 5.41) is 10.7. The molecule has 0 aliphatic rings. The zero-order valence-electron chi connectivity index (χ0n) is 19.8. The van der Waals surface area contributed by atoms with E-state index in [-0.39, 0.29) is 6.61 Å². The number of rotatable bonds is 15. The monoisotopic (exact) mass is 467 g/mol. The maximum Gasteiger partial charge on any atom is 0.161 e. The zero-order valence-corrected chi connectivity index (χ0v) is 19.8. The highest BCUT2D eigenvalue weighted by Gasteiger charge is 2.16. The van der Waals surface area contributed by atoms with Crippen molar-refractivity contribution in [1.82, 2.24) is 4.90 Å². The number of ether oxygens (including phenoxy) is 3. The van der Waals surface area contributed by atoms with Gasteiger partial charge in [-0.1, -0.05) is 19.1 Å². The smallest absolute Gasteiger partial charge is 0.161 e. The lowest BCUT2D eigenvalue weighted by Crippen LogP contribution is -2.35. The Morgan fingerprint density at radius 3 is 2.50 bits per heavy atom. The van der Waals surface area contributed by atoms with Crippen LogP contribution in [0.3, 0.4) is 0 Å². The average Bonchev–Trinajstić information content (AvgIpc) is 3.36. The van der Waals surface area contributed by atoms with Crippen molar-refractivity contribution in [1.29, 1.82) is 0 Å². The number of benzene rings is 2. The summed E-state index contributed by atoms with van der Waals surface area (Å²) >= 11 is 0. The van der Waals surface area contributed by atoms with Gasteiger partial charge in [0.2, 0.25) is 0 Å². The molecule has 0 saturated heterocycles. The number of carbonyl (C=O) groups excluding carboxylic acids is 1. The van der Waals surface area contributed by atoms with E-state index in [2.05, 4.69) is 11.8 Å². The molecule has 2 aromatic carbocycles. The van der Waals surface area contributed by atoms with Gasteiger partial charge in [-0.05, 0) is 61.4 Å². The van der Waals surface area contributed by atoms with Crippen LogP contribution in [-0.2, 0) is 13.1 Å². The Morgan fingerprint density at radius 2 is 1.82 bits per heavy atom. The average molecular weight is 468 g/mol. The van der Waals surface area contributed by atoms with Crippen LogP contribution in [-0.4, -0.2) is 48.8 Å². The van der Waals surface area contributed by atoms with Gasteiger partial charge in [0.05, 0.1) is 26.0 Å². The Hall–Kier alpha value is -3.29. The van der Waals surface area contributed by atoms with Crippen LogP contribution >= 0.6 is 0 Å². The molecule has 182 valence electrons. The Kier molecular flexibility index (Phi) is 10.0. The number of carbonyl (C=O) groups is 1. The summed E-state index contributed by atoms with van der Waals surface area (Å²) in [5.41, 5.74) is 1.61. The predicted octanol–water partition coefficient (Wildman–Crippen LogP) is 4.72. The normalized spacial score (nSPS) is 11.9. The van der Waals surface area contributed by atoms with Crippen LogP contribution in [0.25, 0.3) is 0 Å². The Bertz CT molecular complexity index is 987. The fraction of sp³-hybridized carbons (Fsp3) is 0.370. The zero-order chi connectivity index (χ0) is 24.2. The second-order valence-corrected chi connectivity index (χ2v) is 7.96. The second-order valence-electron chi connectivity index (χ2n) is 7.96. The van der Waals surface area contributed by atoms with Crippen molar-refractivity contribution < 1.29 is 28.5 Å². The third-order valence-corrected chi connectivity index (χ3v) is 5.07. The van der Waals surface area contributed by atoms with E-state index in [1.165, 1.54) is 0 Å². The van der Waals surface area contributed by atoms with Crippen molar-refractivity contribution in [2.75, 3.05) is 26.4 Å². The lowest BCUT2D eigenvalue weighted by Gasteiger charge is -2.25. The Morgan fingerprint density at radius 1 is 1.00 bits per heavy atom. The van der Waals surface area contributed by atoms with Gasteiger partial charge in [0.25, 0.3) is 0 Å². The SMILES string of the molecule is CCCOc1ccc(CN(Cc2ccco2)CC(O)COc2ccc(C=O)cc2OCC)cc1. The molecule has 0 fully saturated rings. The summed E-state index contributed by atoms with van der Waals surface area (Å²) in [5.74, 6) is 2.64. The Labute approximate surface area is 200 Å². The molecule has 7 nitrogen and oxygen atoms in total. The minimum Gasteiger partial charge on any atom is -0.494 e. The molecule has 0 amide bonds. The number of aliphatic hydroxyl groups excluding tert-OH is 1. The molecule has 1 N–H and O–H groups in total. The number of aliphatic hydroxyl groups is 1. The first-order valence-electron chi connectivity index (χ1n) is 11.6. The number of furan rings is 1. The summed E-state index contributed by atoms with van der Waals surface area (Å²) in [4.78, 5) is 13.2. The van der Waals surface area contributed by atoms with Crippen molar-refractivity contribution in [2.24, 2.45) is 0 Å². The number of aldehydes is 1. The molecule has 0 bridgehead atoms. The lowest BCUT2D eigenvalue weighted by molar-refractivity contribution is 0.0593. The molecule has 0 radical (unpaired) electrons. The molecule has 1 unspecified atom stereocenters. The molecule has 3 rings (SSSR count). The van der Waals surface area contributed by atoms with Crippen molar-refractivity contribution in [3.05, 3.63) is 77.7 Å². The summed E-state index contributed by atoms with van der Waals surface area (Å²) in [6.45, 7) is 6.72. The fourth-order valence-electron chi connectivity index (χ4n) is 3.50. The first-order chi connectivity index (χ1) is 16.6. The first kappa shape index (κ1) is 25.3. The van der Waals surface area contributed by atoms with Crippen LogP contribution in [0.15, 0.2) is 65.3 Å². The van der Waals surface area contributed by atoms with E-state index >= 15 is 0 Å². The van der Waals surface area contributed by atoms with Gasteiger partial charge < -0.3 is 23.7 Å². The van der Waals surface area contributed by atoms with Gasteiger partial charge in [0.1, 0.15) is 30.5 Å². The van der Waals surface area contributed by atoms with E-state index in [0.717, 1.165) is 29.8 Å². The number of hydrogen-bond acceptors (Lipinski definition) is 7. The molecular weight excluding hydrogens is 434 g/mol. The largest absolute Gasteiger partial charge is 0.494 e. The van der Waals surface area contributed by atoms with E-state index in [0.29, 0.717) is 49.9 Å². The van der Waals surface area contributed by atoms with Gasteiger partial charge in [-0.25, -0.2) is 0 Å².